The van der Waals surface area contributed by atoms with E-state index in [-0.39, 0.29) is 17.9 Å². The van der Waals surface area contributed by atoms with Gasteiger partial charge in [-0.3, -0.25) is 9.59 Å². The van der Waals surface area contributed by atoms with E-state index in [0.29, 0.717) is 10.8 Å². The number of anilines is 2. The molecule has 1 aromatic carbocycles. The third kappa shape index (κ3) is 5.06. The Hall–Kier alpha value is -2.41. The Morgan fingerprint density at radius 1 is 1.17 bits per heavy atom. The van der Waals surface area contributed by atoms with Gasteiger partial charge in [0.15, 0.2) is 5.13 Å². The van der Waals surface area contributed by atoms with Gasteiger partial charge < -0.3 is 16.0 Å². The van der Waals surface area contributed by atoms with Crippen molar-refractivity contribution in [2.75, 3.05) is 5.32 Å². The van der Waals surface area contributed by atoms with Crippen LogP contribution >= 0.6 is 11.3 Å². The second kappa shape index (κ2) is 7.92. The van der Waals surface area contributed by atoms with E-state index in [4.69, 9.17) is 0 Å². The van der Waals surface area contributed by atoms with Crippen LogP contribution in [0.25, 0.3) is 0 Å². The Morgan fingerprint density at radius 2 is 1.92 bits per heavy atom. The molecule has 2 amide bonds. The molecule has 128 valence electrons. The van der Waals surface area contributed by atoms with Crippen LogP contribution in [0.15, 0.2) is 29.6 Å². The summed E-state index contributed by atoms with van der Waals surface area (Å²) in [7, 11) is 0. The Labute approximate surface area is 145 Å². The minimum atomic E-state index is -0.616. The van der Waals surface area contributed by atoms with E-state index >= 15 is 0 Å². The van der Waals surface area contributed by atoms with E-state index in [0.717, 1.165) is 11.3 Å². The topological polar surface area (TPSA) is 83.1 Å². The third-order valence-electron chi connectivity index (χ3n) is 3.18. The zero-order valence-electron chi connectivity index (χ0n) is 14.2. The largest absolute Gasteiger partial charge is 0.352 e. The maximum atomic E-state index is 12.2. The van der Waals surface area contributed by atoms with Gasteiger partial charge in [0.1, 0.15) is 11.7 Å². The van der Waals surface area contributed by atoms with Gasteiger partial charge in [0.05, 0.1) is 0 Å². The van der Waals surface area contributed by atoms with Gasteiger partial charge >= 0.3 is 0 Å². The van der Waals surface area contributed by atoms with Crippen molar-refractivity contribution in [3.05, 3.63) is 40.9 Å². The first-order valence-electron chi connectivity index (χ1n) is 7.75. The maximum absolute atomic E-state index is 12.2. The van der Waals surface area contributed by atoms with Crippen LogP contribution in [0, 0.1) is 6.92 Å². The van der Waals surface area contributed by atoms with Crippen LogP contribution in [0.3, 0.4) is 0 Å². The fraction of sp³-hybridized carbons (Fsp3) is 0.353. The summed E-state index contributed by atoms with van der Waals surface area (Å²) in [5.74, 6) is -0.582. The van der Waals surface area contributed by atoms with Crippen molar-refractivity contribution in [3.8, 4) is 0 Å². The molecule has 0 saturated carbocycles. The fourth-order valence-electron chi connectivity index (χ4n) is 2.03. The normalized spacial score (nSPS) is 11.9. The van der Waals surface area contributed by atoms with Crippen LogP contribution in [0.2, 0.25) is 0 Å². The highest BCUT2D eigenvalue weighted by atomic mass is 32.1. The summed E-state index contributed by atoms with van der Waals surface area (Å²) in [6, 6.07) is 7.31. The SMILES string of the molecule is Cc1cccc(Nc2nc(C(=O)NC(C)C(=O)NC(C)C)cs2)c1. The van der Waals surface area contributed by atoms with Gasteiger partial charge in [-0.25, -0.2) is 4.98 Å². The van der Waals surface area contributed by atoms with Crippen molar-refractivity contribution >= 4 is 34.0 Å². The average Bonchev–Trinajstić information content (AvgIpc) is 2.95. The van der Waals surface area contributed by atoms with E-state index in [1.54, 1.807) is 12.3 Å². The quantitative estimate of drug-likeness (QED) is 0.751. The van der Waals surface area contributed by atoms with Crippen molar-refractivity contribution in [1.29, 1.82) is 0 Å². The van der Waals surface area contributed by atoms with Crippen molar-refractivity contribution in [2.45, 2.75) is 39.8 Å². The number of benzene rings is 1. The van der Waals surface area contributed by atoms with Crippen LogP contribution in [0.5, 0.6) is 0 Å². The number of hydrogen-bond donors (Lipinski definition) is 3. The molecule has 0 aliphatic carbocycles. The third-order valence-corrected chi connectivity index (χ3v) is 3.94. The standard InChI is InChI=1S/C17H22N4O2S/c1-10(2)18-15(22)12(4)19-16(23)14-9-24-17(21-14)20-13-7-5-6-11(3)8-13/h5-10,12H,1-4H3,(H,18,22)(H,19,23)(H,20,21). The van der Waals surface area contributed by atoms with Crippen LogP contribution in [-0.2, 0) is 4.79 Å². The van der Waals surface area contributed by atoms with Crippen molar-refractivity contribution in [2.24, 2.45) is 0 Å². The maximum Gasteiger partial charge on any atom is 0.271 e. The summed E-state index contributed by atoms with van der Waals surface area (Å²) in [4.78, 5) is 28.3. The molecular formula is C17H22N4O2S. The zero-order chi connectivity index (χ0) is 17.7. The molecule has 7 heteroatoms. The molecule has 2 aromatic rings. The lowest BCUT2D eigenvalue weighted by Crippen LogP contribution is -2.46. The van der Waals surface area contributed by atoms with Gasteiger partial charge in [0.2, 0.25) is 5.91 Å². The molecule has 3 N–H and O–H groups in total. The minimum Gasteiger partial charge on any atom is -0.352 e. The second-order valence-corrected chi connectivity index (χ2v) is 6.75. The molecule has 1 atom stereocenters. The van der Waals surface area contributed by atoms with E-state index in [1.807, 2.05) is 45.0 Å². The highest BCUT2D eigenvalue weighted by Crippen LogP contribution is 2.21. The van der Waals surface area contributed by atoms with Crippen LogP contribution < -0.4 is 16.0 Å². The first kappa shape index (κ1) is 17.9. The molecule has 0 aliphatic rings. The highest BCUT2D eigenvalue weighted by molar-refractivity contribution is 7.14. The number of nitrogens with zero attached hydrogens (tertiary/aromatic N) is 1. The van der Waals surface area contributed by atoms with Gasteiger partial charge in [-0.05, 0) is 45.4 Å². The van der Waals surface area contributed by atoms with Gasteiger partial charge in [0.25, 0.3) is 5.91 Å². The molecule has 24 heavy (non-hydrogen) atoms. The summed E-state index contributed by atoms with van der Waals surface area (Å²) < 4.78 is 0. The summed E-state index contributed by atoms with van der Waals surface area (Å²) >= 11 is 1.34. The molecule has 6 nitrogen and oxygen atoms in total. The lowest BCUT2D eigenvalue weighted by atomic mass is 10.2. The molecule has 0 aliphatic heterocycles. The first-order chi connectivity index (χ1) is 11.3. The summed E-state index contributed by atoms with van der Waals surface area (Å²) in [5.41, 5.74) is 2.35. The highest BCUT2D eigenvalue weighted by Gasteiger charge is 2.19. The molecular weight excluding hydrogens is 324 g/mol. The van der Waals surface area contributed by atoms with E-state index < -0.39 is 6.04 Å². The van der Waals surface area contributed by atoms with Crippen molar-refractivity contribution < 1.29 is 9.59 Å². The number of carbonyl (C=O) groups excluding carboxylic acids is 2. The van der Waals surface area contributed by atoms with Crippen LogP contribution in [0.1, 0.15) is 36.8 Å². The number of thiazole rings is 1. The van der Waals surface area contributed by atoms with Crippen LogP contribution in [-0.4, -0.2) is 28.9 Å². The smallest absolute Gasteiger partial charge is 0.271 e. The molecule has 0 spiro atoms. The van der Waals surface area contributed by atoms with Crippen molar-refractivity contribution in [1.82, 2.24) is 15.6 Å². The number of rotatable bonds is 6. The lowest BCUT2D eigenvalue weighted by molar-refractivity contribution is -0.123. The zero-order valence-corrected chi connectivity index (χ0v) is 15.0. The monoisotopic (exact) mass is 346 g/mol. The number of aromatic nitrogens is 1. The number of carbonyl (C=O) groups is 2. The Bertz CT molecular complexity index is 727. The van der Waals surface area contributed by atoms with Gasteiger partial charge in [-0.15, -0.1) is 11.3 Å². The van der Waals surface area contributed by atoms with E-state index in [2.05, 4.69) is 20.9 Å². The number of aryl methyl sites for hydroxylation is 1. The minimum absolute atomic E-state index is 0.0289. The molecule has 1 unspecified atom stereocenters. The average molecular weight is 346 g/mol. The van der Waals surface area contributed by atoms with Crippen molar-refractivity contribution in [3.63, 3.8) is 0 Å². The van der Waals surface area contributed by atoms with E-state index in [9.17, 15) is 9.59 Å². The van der Waals surface area contributed by atoms with Gasteiger partial charge in [0, 0.05) is 17.1 Å². The number of nitrogens with one attached hydrogen (secondary N) is 3. The van der Waals surface area contributed by atoms with Gasteiger partial charge in [-0.2, -0.15) is 0 Å². The number of hydrogen-bond acceptors (Lipinski definition) is 5. The second-order valence-electron chi connectivity index (χ2n) is 5.89. The molecule has 0 fully saturated rings. The summed E-state index contributed by atoms with van der Waals surface area (Å²) in [6.07, 6.45) is 0. The molecule has 0 saturated heterocycles. The number of amides is 2. The van der Waals surface area contributed by atoms with E-state index in [1.165, 1.54) is 11.3 Å². The predicted molar refractivity (Wildman–Crippen MR) is 96.8 cm³/mol. The fourth-order valence-corrected chi connectivity index (χ4v) is 2.74. The predicted octanol–water partition coefficient (Wildman–Crippen LogP) is 2.84. The summed E-state index contributed by atoms with van der Waals surface area (Å²) in [5, 5.41) is 10.9. The van der Waals surface area contributed by atoms with Gasteiger partial charge in [-0.1, -0.05) is 12.1 Å². The molecule has 0 radical (unpaired) electrons. The Morgan fingerprint density at radius 3 is 2.58 bits per heavy atom. The Balaban J connectivity index is 1.97. The molecule has 1 aromatic heterocycles. The first-order valence-corrected chi connectivity index (χ1v) is 8.63. The van der Waals surface area contributed by atoms with Crippen LogP contribution in [0.4, 0.5) is 10.8 Å². The Kier molecular flexibility index (Phi) is 5.92. The summed E-state index contributed by atoms with van der Waals surface area (Å²) in [6.45, 7) is 7.40. The lowest BCUT2D eigenvalue weighted by Gasteiger charge is -2.15. The molecule has 0 bridgehead atoms. The molecule has 2 rings (SSSR count). The molecule has 1 heterocycles.